The molecule has 2 fully saturated rings. The zero-order chi connectivity index (χ0) is 43.2. The minimum Gasteiger partial charge on any atom is -0.365 e. The average Bonchev–Trinajstić information content (AvgIpc) is 3.27. The Morgan fingerprint density at radius 2 is 1.16 bits per heavy atom. The van der Waals surface area contributed by atoms with Crippen LogP contribution in [0.25, 0.3) is 22.1 Å². The van der Waals surface area contributed by atoms with Crippen molar-refractivity contribution in [2.45, 2.75) is 58.0 Å². The number of halogens is 6. The normalized spacial score (nSPS) is 16.6. The lowest BCUT2D eigenvalue weighted by molar-refractivity contribution is -0.139. The molecule has 4 aromatic heterocycles. The first-order valence-corrected chi connectivity index (χ1v) is 19.6. The molecule has 12 nitrogen and oxygen atoms in total. The van der Waals surface area contributed by atoms with Gasteiger partial charge in [-0.3, -0.25) is 0 Å². The van der Waals surface area contributed by atoms with E-state index in [0.717, 1.165) is 25.0 Å². The van der Waals surface area contributed by atoms with Crippen molar-refractivity contribution < 1.29 is 26.3 Å². The van der Waals surface area contributed by atoms with Gasteiger partial charge in [0.2, 0.25) is 11.9 Å². The van der Waals surface area contributed by atoms with E-state index in [1.165, 1.54) is 24.3 Å². The highest BCUT2D eigenvalue weighted by molar-refractivity contribution is 5.88. The Labute approximate surface area is 347 Å². The number of alkyl halides is 6. The van der Waals surface area contributed by atoms with Gasteiger partial charge in [0.05, 0.1) is 45.4 Å². The molecule has 61 heavy (non-hydrogen) atoms. The molecule has 2 aromatic carbocycles. The first kappa shape index (κ1) is 42.3. The summed E-state index contributed by atoms with van der Waals surface area (Å²) < 4.78 is 79.9. The fraction of sp³-hybridized carbons (Fsp3) is 0.349. The van der Waals surface area contributed by atoms with Crippen LogP contribution in [0.1, 0.15) is 54.9 Å². The zero-order valence-corrected chi connectivity index (χ0v) is 33.0. The third-order valence-corrected chi connectivity index (χ3v) is 10.8. The zero-order valence-electron chi connectivity index (χ0n) is 33.0. The van der Waals surface area contributed by atoms with Crippen molar-refractivity contribution >= 4 is 45.6 Å². The fourth-order valence-electron chi connectivity index (χ4n) is 7.29. The van der Waals surface area contributed by atoms with Crippen LogP contribution in [0.15, 0.2) is 85.2 Å². The smallest absolute Gasteiger partial charge is 0.365 e. The van der Waals surface area contributed by atoms with Crippen LogP contribution in [0.2, 0.25) is 0 Å². The molecule has 2 saturated heterocycles. The summed E-state index contributed by atoms with van der Waals surface area (Å²) >= 11 is 0. The first-order chi connectivity index (χ1) is 29.2. The van der Waals surface area contributed by atoms with Crippen LogP contribution in [0.5, 0.6) is 0 Å². The maximum atomic E-state index is 13.3. The first-order valence-electron chi connectivity index (χ1n) is 19.6. The van der Waals surface area contributed by atoms with Crippen molar-refractivity contribution in [3.05, 3.63) is 107 Å². The molecule has 2 N–H and O–H groups in total. The minimum atomic E-state index is -4.43. The molecule has 0 bridgehead atoms. The van der Waals surface area contributed by atoms with Gasteiger partial charge in [0.15, 0.2) is 11.3 Å². The van der Waals surface area contributed by atoms with E-state index in [-0.39, 0.29) is 35.5 Å². The van der Waals surface area contributed by atoms with Gasteiger partial charge in [-0.2, -0.15) is 56.8 Å². The number of nitrogens with zero attached hydrogens (tertiary/aromatic N) is 10. The molecule has 1 unspecified atom stereocenters. The highest BCUT2D eigenvalue weighted by Crippen LogP contribution is 2.35. The lowest BCUT2D eigenvalue weighted by Crippen LogP contribution is -2.39. The summed E-state index contributed by atoms with van der Waals surface area (Å²) in [5, 5.41) is 26.0. The molecule has 0 radical (unpaired) electrons. The van der Waals surface area contributed by atoms with E-state index >= 15 is 0 Å². The van der Waals surface area contributed by atoms with Crippen molar-refractivity contribution in [2.75, 3.05) is 46.6 Å². The number of fused-ring (bicyclic) bond motifs is 2. The van der Waals surface area contributed by atoms with Gasteiger partial charge in [0.25, 0.3) is 0 Å². The molecule has 2 aliphatic heterocycles. The number of nitrogens with one attached hydrogen (secondary N) is 2. The van der Waals surface area contributed by atoms with E-state index in [1.807, 2.05) is 16.7 Å². The number of nitriles is 2. The Kier molecular flexibility index (Phi) is 12.3. The quantitative estimate of drug-likeness (QED) is 0.140. The van der Waals surface area contributed by atoms with Gasteiger partial charge in [-0.05, 0) is 80.1 Å². The predicted molar refractivity (Wildman–Crippen MR) is 218 cm³/mol. The van der Waals surface area contributed by atoms with Gasteiger partial charge < -0.3 is 20.4 Å². The van der Waals surface area contributed by atoms with E-state index in [0.29, 0.717) is 84.6 Å². The molecule has 1 atom stereocenters. The summed E-state index contributed by atoms with van der Waals surface area (Å²) in [6.07, 6.45) is -2.58. The fourth-order valence-corrected chi connectivity index (χ4v) is 7.29. The third kappa shape index (κ3) is 9.97. The number of aromatic nitrogens is 6. The van der Waals surface area contributed by atoms with Crippen LogP contribution >= 0.6 is 0 Å². The summed E-state index contributed by atoms with van der Waals surface area (Å²) in [4.78, 5) is 30.7. The van der Waals surface area contributed by atoms with Crippen LogP contribution < -0.4 is 20.4 Å². The molecule has 6 aromatic rings. The maximum absolute atomic E-state index is 13.3. The molecule has 18 heteroatoms. The standard InChI is InChI=1S/C22H21F3N6.C21H19F3N6/c1-21(14-26)8-11-31(12-9-21)20-29-18-16(6-4-10-27-18)19(30-20)28-13-15-5-2-3-7-17(15)22(23,24)25;22-21(23,24)17-8-2-1-6-15(17)12-27-19-16-7-3-9-26-18(16)28-20(29-19)30-10-4-5-14(11-25)13-30/h2-7,10H,8-9,11-13H2,1H3,(H,27,28,29,30);1-3,6-9,14H,4-5,10,12-13H2,(H,26,27,28,29). The molecule has 0 amide bonds. The average molecular weight is 839 g/mol. The Morgan fingerprint density at radius 3 is 1.64 bits per heavy atom. The maximum Gasteiger partial charge on any atom is 0.416 e. The van der Waals surface area contributed by atoms with Gasteiger partial charge >= 0.3 is 12.4 Å². The SMILES string of the molecule is CC1(C#N)CCN(c2nc(NCc3ccccc3C(F)(F)F)c3cccnc3n2)CC1.N#CC1CCCN(c2nc(NCc3ccccc3C(F)(F)F)c3cccnc3n2)C1. The van der Waals surface area contributed by atoms with Crippen LogP contribution in [0.4, 0.5) is 49.9 Å². The van der Waals surface area contributed by atoms with Crippen LogP contribution in [0.3, 0.4) is 0 Å². The Bertz CT molecular complexity index is 2580. The summed E-state index contributed by atoms with van der Waals surface area (Å²) in [6, 6.07) is 22.6. The van der Waals surface area contributed by atoms with Crippen LogP contribution in [-0.4, -0.2) is 56.1 Å². The molecular weight excluding hydrogens is 799 g/mol. The van der Waals surface area contributed by atoms with Gasteiger partial charge in [-0.1, -0.05) is 36.4 Å². The van der Waals surface area contributed by atoms with E-state index in [1.54, 1.807) is 48.8 Å². The summed E-state index contributed by atoms with van der Waals surface area (Å²) in [5.41, 5.74) is -0.540. The number of anilines is 4. The molecular formula is C43H40F6N12. The van der Waals surface area contributed by atoms with Gasteiger partial charge in [-0.15, -0.1) is 0 Å². The largest absolute Gasteiger partial charge is 0.416 e. The summed E-state index contributed by atoms with van der Waals surface area (Å²) in [6.45, 7) is 4.34. The molecule has 2 aliphatic rings. The third-order valence-electron chi connectivity index (χ3n) is 10.8. The molecule has 8 rings (SSSR count). The minimum absolute atomic E-state index is 0.0391. The molecule has 0 saturated carbocycles. The van der Waals surface area contributed by atoms with E-state index in [2.05, 4.69) is 52.7 Å². The lowest BCUT2D eigenvalue weighted by atomic mass is 9.82. The Hall–Kier alpha value is -6.82. The molecule has 6 heterocycles. The monoisotopic (exact) mass is 838 g/mol. The summed E-state index contributed by atoms with van der Waals surface area (Å²) in [7, 11) is 0. The molecule has 314 valence electrons. The molecule has 0 spiro atoms. The lowest BCUT2D eigenvalue weighted by Gasteiger charge is -2.35. The topological polar surface area (TPSA) is 155 Å². The number of pyridine rings is 2. The summed E-state index contributed by atoms with van der Waals surface area (Å²) in [5.74, 6) is 1.63. The Balaban J connectivity index is 0.000000184. The number of benzene rings is 2. The highest BCUT2D eigenvalue weighted by atomic mass is 19.4. The second-order valence-electron chi connectivity index (χ2n) is 15.1. The highest BCUT2D eigenvalue weighted by Gasteiger charge is 2.35. The van der Waals surface area contributed by atoms with Crippen LogP contribution in [-0.2, 0) is 25.4 Å². The van der Waals surface area contributed by atoms with Crippen molar-refractivity contribution in [1.29, 1.82) is 10.5 Å². The number of rotatable bonds is 8. The number of hydrogen-bond donors (Lipinski definition) is 2. The van der Waals surface area contributed by atoms with E-state index < -0.39 is 23.5 Å². The molecule has 0 aliphatic carbocycles. The van der Waals surface area contributed by atoms with Crippen molar-refractivity contribution in [1.82, 2.24) is 29.9 Å². The van der Waals surface area contributed by atoms with Gasteiger partial charge in [0, 0.05) is 51.7 Å². The predicted octanol–water partition coefficient (Wildman–Crippen LogP) is 9.18. The van der Waals surface area contributed by atoms with Gasteiger partial charge in [-0.25, -0.2) is 9.97 Å². The Morgan fingerprint density at radius 1 is 0.672 bits per heavy atom. The second-order valence-corrected chi connectivity index (χ2v) is 15.1. The number of piperidine rings is 2. The van der Waals surface area contributed by atoms with Crippen LogP contribution in [0, 0.1) is 34.0 Å². The van der Waals surface area contributed by atoms with Crippen molar-refractivity contribution in [2.24, 2.45) is 11.3 Å². The second kappa shape index (κ2) is 17.8. The van der Waals surface area contributed by atoms with Gasteiger partial charge in [0.1, 0.15) is 11.6 Å². The van der Waals surface area contributed by atoms with E-state index in [9.17, 15) is 36.9 Å². The number of hydrogen-bond acceptors (Lipinski definition) is 12. The van der Waals surface area contributed by atoms with E-state index in [4.69, 9.17) is 0 Å². The van der Waals surface area contributed by atoms with Crippen molar-refractivity contribution in [3.63, 3.8) is 0 Å². The van der Waals surface area contributed by atoms with Crippen molar-refractivity contribution in [3.8, 4) is 12.1 Å².